The van der Waals surface area contributed by atoms with Gasteiger partial charge < -0.3 is 42.5 Å². The van der Waals surface area contributed by atoms with Gasteiger partial charge in [-0.1, -0.05) is 48.5 Å². The Morgan fingerprint density at radius 2 is 1.49 bits per heavy atom. The standard InChI is InChI=1S/C32H40N8O5/c33-13-7-6-12-26(30(42)40-28(32(44)45)16-22-18-35-19-37-22)38-31(43)27(15-21-17-36-25-11-5-4-10-23(21)25)39-29(41)24(34)14-20-8-2-1-3-9-20/h1-5,8-11,17-19,24,26-28,36H,6-7,12-16,33-34H2,(H,35,37)(H,38,43)(H,39,41)(H,40,42)(H,44,45). The molecule has 0 aliphatic carbocycles. The third kappa shape index (κ3) is 9.49. The Morgan fingerprint density at radius 1 is 0.800 bits per heavy atom. The molecule has 0 radical (unpaired) electrons. The van der Waals surface area contributed by atoms with Crippen LogP contribution in [-0.2, 0) is 38.4 Å². The Balaban J connectivity index is 1.53. The molecule has 4 rings (SSSR count). The highest BCUT2D eigenvalue weighted by Gasteiger charge is 2.31. The van der Waals surface area contributed by atoms with Crippen molar-refractivity contribution in [1.29, 1.82) is 0 Å². The number of unbranched alkanes of at least 4 members (excludes halogenated alkanes) is 1. The smallest absolute Gasteiger partial charge is 0.326 e. The van der Waals surface area contributed by atoms with Crippen molar-refractivity contribution in [2.24, 2.45) is 11.5 Å². The van der Waals surface area contributed by atoms with E-state index in [-0.39, 0.29) is 25.7 Å². The summed E-state index contributed by atoms with van der Waals surface area (Å²) in [6, 6.07) is 12.5. The average molecular weight is 617 g/mol. The highest BCUT2D eigenvalue weighted by atomic mass is 16.4. The maximum atomic E-state index is 13.8. The molecule has 0 saturated heterocycles. The first kappa shape index (κ1) is 32.9. The number of benzene rings is 2. The van der Waals surface area contributed by atoms with Gasteiger partial charge in [0, 0.05) is 41.8 Å². The number of hydrogen-bond donors (Lipinski definition) is 8. The molecule has 238 valence electrons. The van der Waals surface area contributed by atoms with E-state index in [4.69, 9.17) is 11.5 Å². The number of rotatable bonds is 17. The summed E-state index contributed by atoms with van der Waals surface area (Å²) in [7, 11) is 0. The molecule has 0 aliphatic heterocycles. The minimum atomic E-state index is -1.26. The van der Waals surface area contributed by atoms with Gasteiger partial charge in [0.05, 0.1) is 12.4 Å². The predicted molar refractivity (Wildman–Crippen MR) is 169 cm³/mol. The van der Waals surface area contributed by atoms with Gasteiger partial charge in [-0.2, -0.15) is 0 Å². The first-order valence-electron chi connectivity index (χ1n) is 14.9. The van der Waals surface area contributed by atoms with Crippen LogP contribution in [0.4, 0.5) is 0 Å². The number of aliphatic carboxylic acids is 1. The van der Waals surface area contributed by atoms with Crippen molar-refractivity contribution in [2.45, 2.75) is 62.7 Å². The molecule has 0 fully saturated rings. The summed E-state index contributed by atoms with van der Waals surface area (Å²) >= 11 is 0. The van der Waals surface area contributed by atoms with Gasteiger partial charge in [-0.3, -0.25) is 14.4 Å². The normalized spacial score (nSPS) is 13.8. The van der Waals surface area contributed by atoms with Gasteiger partial charge in [-0.05, 0) is 49.4 Å². The van der Waals surface area contributed by atoms with E-state index in [2.05, 4.69) is 30.9 Å². The fourth-order valence-corrected chi connectivity index (χ4v) is 5.09. The van der Waals surface area contributed by atoms with Crippen LogP contribution in [0, 0.1) is 0 Å². The molecule has 4 aromatic rings. The molecule has 13 nitrogen and oxygen atoms in total. The van der Waals surface area contributed by atoms with E-state index >= 15 is 0 Å². The first-order valence-corrected chi connectivity index (χ1v) is 14.9. The highest BCUT2D eigenvalue weighted by Crippen LogP contribution is 2.19. The SMILES string of the molecule is NCCCCC(NC(=O)C(Cc1c[nH]c2ccccc12)NC(=O)C(N)Cc1ccccc1)C(=O)NC(Cc1cnc[nH]1)C(=O)O. The molecular formula is C32H40N8O5. The van der Waals surface area contributed by atoms with Gasteiger partial charge in [0.1, 0.15) is 18.1 Å². The number of carboxylic acids is 1. The Kier molecular flexibility index (Phi) is 11.8. The molecular weight excluding hydrogens is 576 g/mol. The van der Waals surface area contributed by atoms with E-state index in [1.807, 2.05) is 54.6 Å². The number of aromatic nitrogens is 3. The molecule has 3 amide bonds. The molecule has 0 bridgehead atoms. The number of hydrogen-bond acceptors (Lipinski definition) is 7. The zero-order valence-electron chi connectivity index (χ0n) is 24.9. The largest absolute Gasteiger partial charge is 0.480 e. The van der Waals surface area contributed by atoms with E-state index in [9.17, 15) is 24.3 Å². The fraction of sp³-hybridized carbons (Fsp3) is 0.344. The quantitative estimate of drug-likeness (QED) is 0.0795. The lowest BCUT2D eigenvalue weighted by Gasteiger charge is -2.25. The summed E-state index contributed by atoms with van der Waals surface area (Å²) in [5, 5.41) is 18.7. The van der Waals surface area contributed by atoms with Crippen LogP contribution < -0.4 is 27.4 Å². The molecule has 2 aromatic heterocycles. The maximum Gasteiger partial charge on any atom is 0.326 e. The van der Waals surface area contributed by atoms with Crippen molar-refractivity contribution in [2.75, 3.05) is 6.54 Å². The Bertz CT molecular complexity index is 1560. The van der Waals surface area contributed by atoms with E-state index in [0.717, 1.165) is 22.0 Å². The summed E-state index contributed by atoms with van der Waals surface area (Å²) in [5.41, 5.74) is 15.0. The third-order valence-corrected chi connectivity index (χ3v) is 7.54. The number of nitrogens with zero attached hydrogens (tertiary/aromatic N) is 1. The van der Waals surface area contributed by atoms with Crippen LogP contribution in [0.15, 0.2) is 73.3 Å². The van der Waals surface area contributed by atoms with Gasteiger partial charge in [-0.15, -0.1) is 0 Å². The molecule has 2 heterocycles. The number of H-pyrrole nitrogens is 2. The van der Waals surface area contributed by atoms with Crippen LogP contribution in [0.25, 0.3) is 10.9 Å². The molecule has 2 aromatic carbocycles. The van der Waals surface area contributed by atoms with Crippen LogP contribution in [0.1, 0.15) is 36.1 Å². The number of carbonyl (C=O) groups excluding carboxylic acids is 3. The molecule has 0 spiro atoms. The lowest BCUT2D eigenvalue weighted by atomic mass is 10.0. The summed E-state index contributed by atoms with van der Waals surface area (Å²) in [6.07, 6.45) is 6.35. The van der Waals surface area contributed by atoms with Crippen LogP contribution in [0.3, 0.4) is 0 Å². The molecule has 0 saturated carbocycles. The summed E-state index contributed by atoms with van der Waals surface area (Å²) < 4.78 is 0. The second kappa shape index (κ2) is 16.2. The lowest BCUT2D eigenvalue weighted by Crippen LogP contribution is -2.58. The number of carboxylic acid groups (broad SMARTS) is 1. The average Bonchev–Trinajstić information content (AvgIpc) is 3.70. The molecule has 45 heavy (non-hydrogen) atoms. The number of nitrogens with two attached hydrogens (primary N) is 2. The van der Waals surface area contributed by atoms with E-state index in [0.29, 0.717) is 25.1 Å². The monoisotopic (exact) mass is 616 g/mol. The van der Waals surface area contributed by atoms with E-state index in [1.54, 1.807) is 6.20 Å². The summed E-state index contributed by atoms with van der Waals surface area (Å²) in [5.74, 6) is -3.02. The van der Waals surface area contributed by atoms with Gasteiger partial charge in [0.2, 0.25) is 17.7 Å². The molecule has 4 unspecified atom stereocenters. The van der Waals surface area contributed by atoms with Crippen molar-refractivity contribution in [1.82, 2.24) is 30.9 Å². The topological polar surface area (TPSA) is 221 Å². The van der Waals surface area contributed by atoms with Crippen molar-refractivity contribution in [3.8, 4) is 0 Å². The van der Waals surface area contributed by atoms with Crippen LogP contribution in [0.5, 0.6) is 0 Å². The number of nitrogens with one attached hydrogen (secondary N) is 5. The number of aromatic amines is 2. The second-order valence-corrected chi connectivity index (χ2v) is 10.9. The first-order chi connectivity index (χ1) is 21.7. The predicted octanol–water partition coefficient (Wildman–Crippen LogP) is 0.914. The zero-order valence-corrected chi connectivity index (χ0v) is 24.9. The van der Waals surface area contributed by atoms with Crippen molar-refractivity contribution in [3.05, 3.63) is 90.1 Å². The fourth-order valence-electron chi connectivity index (χ4n) is 5.09. The molecule has 4 atom stereocenters. The molecule has 0 aliphatic rings. The Hall–Kier alpha value is -5.01. The van der Waals surface area contributed by atoms with Crippen LogP contribution in [0.2, 0.25) is 0 Å². The Labute approximate surface area is 260 Å². The third-order valence-electron chi connectivity index (χ3n) is 7.54. The number of imidazole rings is 1. The molecule has 10 N–H and O–H groups in total. The summed E-state index contributed by atoms with van der Waals surface area (Å²) in [4.78, 5) is 62.4. The maximum absolute atomic E-state index is 13.8. The van der Waals surface area contributed by atoms with Gasteiger partial charge in [0.25, 0.3) is 0 Å². The van der Waals surface area contributed by atoms with Gasteiger partial charge >= 0.3 is 5.97 Å². The van der Waals surface area contributed by atoms with Crippen molar-refractivity contribution >= 4 is 34.6 Å². The van der Waals surface area contributed by atoms with E-state index in [1.165, 1.54) is 12.5 Å². The summed E-state index contributed by atoms with van der Waals surface area (Å²) in [6.45, 7) is 0.387. The number of fused-ring (bicyclic) bond motifs is 1. The number of amides is 3. The van der Waals surface area contributed by atoms with Crippen LogP contribution >= 0.6 is 0 Å². The minimum absolute atomic E-state index is 0.0247. The van der Waals surface area contributed by atoms with E-state index < -0.39 is 47.9 Å². The van der Waals surface area contributed by atoms with Crippen molar-refractivity contribution < 1.29 is 24.3 Å². The van der Waals surface area contributed by atoms with Crippen LogP contribution in [-0.4, -0.2) is 74.5 Å². The zero-order chi connectivity index (χ0) is 32.2. The minimum Gasteiger partial charge on any atom is -0.480 e. The Morgan fingerprint density at radius 3 is 2.20 bits per heavy atom. The lowest BCUT2D eigenvalue weighted by molar-refractivity contribution is -0.142. The molecule has 13 heteroatoms. The van der Waals surface area contributed by atoms with Gasteiger partial charge in [-0.25, -0.2) is 9.78 Å². The second-order valence-electron chi connectivity index (χ2n) is 10.9. The van der Waals surface area contributed by atoms with Crippen molar-refractivity contribution in [3.63, 3.8) is 0 Å². The number of para-hydroxylation sites is 1. The van der Waals surface area contributed by atoms with Gasteiger partial charge in [0.15, 0.2) is 0 Å². The number of carbonyl (C=O) groups is 4. The highest BCUT2D eigenvalue weighted by molar-refractivity contribution is 5.95.